The third-order valence-electron chi connectivity index (χ3n) is 4.02. The van der Waals surface area contributed by atoms with Gasteiger partial charge < -0.3 is 4.74 Å². The van der Waals surface area contributed by atoms with Gasteiger partial charge in [0.25, 0.3) is 5.56 Å². The van der Waals surface area contributed by atoms with Gasteiger partial charge in [0.1, 0.15) is 10.6 Å². The van der Waals surface area contributed by atoms with E-state index in [9.17, 15) is 4.79 Å². The maximum atomic E-state index is 12.9. The highest BCUT2D eigenvalue weighted by Crippen LogP contribution is 2.27. The van der Waals surface area contributed by atoms with Gasteiger partial charge in [0.2, 0.25) is 5.78 Å². The average Bonchev–Trinajstić information content (AvgIpc) is 3.10. The van der Waals surface area contributed by atoms with Gasteiger partial charge in [-0.3, -0.25) is 4.79 Å². The van der Waals surface area contributed by atoms with Crippen LogP contribution in [0.15, 0.2) is 29.1 Å². The first kappa shape index (κ1) is 14.0. The molecule has 0 fully saturated rings. The summed E-state index contributed by atoms with van der Waals surface area (Å²) in [6, 6.07) is 7.42. The molecule has 3 aromatic heterocycles. The van der Waals surface area contributed by atoms with Crippen molar-refractivity contribution in [2.45, 2.75) is 13.8 Å². The van der Waals surface area contributed by atoms with Crippen LogP contribution in [0.5, 0.6) is 5.75 Å². The second-order valence-corrected chi connectivity index (χ2v) is 6.52. The van der Waals surface area contributed by atoms with Gasteiger partial charge in [-0.25, -0.2) is 14.5 Å². The first-order valence-electron chi connectivity index (χ1n) is 7.11. The number of aryl methyl sites for hydroxylation is 2. The summed E-state index contributed by atoms with van der Waals surface area (Å²) >= 11 is 1.53. The number of fused-ring (bicyclic) bond motifs is 2. The van der Waals surface area contributed by atoms with E-state index in [0.29, 0.717) is 17.0 Å². The number of hydrogen-bond acceptors (Lipinski definition) is 5. The molecular weight excluding hydrogens is 312 g/mol. The number of H-pyrrole nitrogens is 1. The Bertz CT molecular complexity index is 1090. The van der Waals surface area contributed by atoms with Crippen molar-refractivity contribution in [2.24, 2.45) is 0 Å². The molecule has 23 heavy (non-hydrogen) atoms. The lowest BCUT2D eigenvalue weighted by molar-refractivity contribution is 0.415. The zero-order valence-corrected chi connectivity index (χ0v) is 13.7. The summed E-state index contributed by atoms with van der Waals surface area (Å²) in [4.78, 5) is 19.3. The number of aromatic amines is 1. The molecule has 0 spiro atoms. The predicted octanol–water partition coefficient (Wildman–Crippen LogP) is 2.92. The fourth-order valence-corrected chi connectivity index (χ4v) is 3.67. The summed E-state index contributed by atoms with van der Waals surface area (Å²) < 4.78 is 6.70. The molecule has 0 saturated carbocycles. The molecule has 0 saturated heterocycles. The second kappa shape index (κ2) is 4.92. The minimum absolute atomic E-state index is 0.0913. The van der Waals surface area contributed by atoms with Crippen LogP contribution in [-0.2, 0) is 0 Å². The topological polar surface area (TPSA) is 72.3 Å². The van der Waals surface area contributed by atoms with E-state index < -0.39 is 0 Å². The zero-order valence-electron chi connectivity index (χ0n) is 12.9. The van der Waals surface area contributed by atoms with Crippen LogP contribution < -0.4 is 10.3 Å². The Kier molecular flexibility index (Phi) is 2.99. The van der Waals surface area contributed by atoms with Crippen LogP contribution in [0.25, 0.3) is 27.4 Å². The average molecular weight is 326 g/mol. The molecule has 0 unspecified atom stereocenters. The molecule has 0 aliphatic heterocycles. The maximum Gasteiger partial charge on any atom is 0.269 e. The molecule has 7 heteroatoms. The number of nitrogens with zero attached hydrogens (tertiary/aromatic N) is 3. The molecule has 0 atom stereocenters. The highest BCUT2D eigenvalue weighted by molar-refractivity contribution is 7.18. The van der Waals surface area contributed by atoms with Gasteiger partial charge in [0, 0.05) is 10.4 Å². The van der Waals surface area contributed by atoms with E-state index in [1.165, 1.54) is 15.7 Å². The minimum atomic E-state index is -0.0913. The van der Waals surface area contributed by atoms with Gasteiger partial charge in [-0.05, 0) is 43.7 Å². The van der Waals surface area contributed by atoms with Crippen molar-refractivity contribution in [3.63, 3.8) is 0 Å². The molecule has 0 aliphatic rings. The fraction of sp³-hybridized carbons (Fsp3) is 0.188. The number of hydrogen-bond donors (Lipinski definition) is 1. The molecule has 1 aromatic carbocycles. The molecule has 0 amide bonds. The predicted molar refractivity (Wildman–Crippen MR) is 90.5 cm³/mol. The molecule has 3 heterocycles. The molecule has 116 valence electrons. The molecular formula is C16H14N4O2S. The number of rotatable bonds is 2. The van der Waals surface area contributed by atoms with E-state index in [2.05, 4.69) is 15.2 Å². The first-order chi connectivity index (χ1) is 11.1. The maximum absolute atomic E-state index is 12.9. The Morgan fingerprint density at radius 1 is 1.22 bits per heavy atom. The van der Waals surface area contributed by atoms with Gasteiger partial charge in [-0.15, -0.1) is 11.3 Å². The van der Waals surface area contributed by atoms with Crippen LogP contribution in [0, 0.1) is 13.8 Å². The van der Waals surface area contributed by atoms with E-state index >= 15 is 0 Å². The summed E-state index contributed by atoms with van der Waals surface area (Å²) in [5, 5.41) is 7.80. The normalized spacial score (nSPS) is 11.4. The molecule has 0 radical (unpaired) electrons. The zero-order chi connectivity index (χ0) is 16.1. The molecule has 0 bridgehead atoms. The van der Waals surface area contributed by atoms with Gasteiger partial charge >= 0.3 is 0 Å². The standard InChI is InChI=1S/C16H14N4O2S/c1-8-9(2)23-14-12(8)15(21)20-13(18-19-16(20)17-14)10-4-6-11(22-3)7-5-10/h4-7H,1-3H3,(H,17,19). The quantitative estimate of drug-likeness (QED) is 0.615. The summed E-state index contributed by atoms with van der Waals surface area (Å²) in [5.74, 6) is 1.76. The van der Waals surface area contributed by atoms with E-state index in [0.717, 1.165) is 26.6 Å². The van der Waals surface area contributed by atoms with Crippen LogP contribution >= 0.6 is 11.3 Å². The minimum Gasteiger partial charge on any atom is -0.497 e. The van der Waals surface area contributed by atoms with E-state index in [4.69, 9.17) is 4.74 Å². The van der Waals surface area contributed by atoms with E-state index in [1.54, 1.807) is 7.11 Å². The van der Waals surface area contributed by atoms with E-state index in [1.807, 2.05) is 38.1 Å². The first-order valence-corrected chi connectivity index (χ1v) is 7.93. The third-order valence-corrected chi connectivity index (χ3v) is 5.13. The number of methoxy groups -OCH3 is 1. The largest absolute Gasteiger partial charge is 0.497 e. The lowest BCUT2D eigenvalue weighted by Crippen LogP contribution is -2.15. The summed E-state index contributed by atoms with van der Waals surface area (Å²) in [7, 11) is 1.62. The molecule has 6 nitrogen and oxygen atoms in total. The van der Waals surface area contributed by atoms with Crippen LogP contribution in [0.1, 0.15) is 10.4 Å². The highest BCUT2D eigenvalue weighted by Gasteiger charge is 2.17. The summed E-state index contributed by atoms with van der Waals surface area (Å²) in [5.41, 5.74) is 1.72. The molecule has 4 rings (SSSR count). The summed E-state index contributed by atoms with van der Waals surface area (Å²) in [6.45, 7) is 3.96. The van der Waals surface area contributed by atoms with Crippen molar-refractivity contribution in [3.05, 3.63) is 45.1 Å². The Hall–Kier alpha value is -2.67. The smallest absolute Gasteiger partial charge is 0.269 e. The van der Waals surface area contributed by atoms with Crippen molar-refractivity contribution in [3.8, 4) is 17.1 Å². The monoisotopic (exact) mass is 326 g/mol. The molecule has 0 aliphatic carbocycles. The van der Waals surface area contributed by atoms with Crippen molar-refractivity contribution >= 4 is 27.3 Å². The van der Waals surface area contributed by atoms with Crippen molar-refractivity contribution < 1.29 is 4.74 Å². The third kappa shape index (κ3) is 1.97. The second-order valence-electron chi connectivity index (χ2n) is 5.32. The SMILES string of the molecule is COc1ccc(-c2n[nH]c3nc4sc(C)c(C)c4c(=O)n23)cc1. The lowest BCUT2D eigenvalue weighted by Gasteiger charge is -2.02. The van der Waals surface area contributed by atoms with Crippen molar-refractivity contribution in [2.75, 3.05) is 7.11 Å². The fourth-order valence-electron chi connectivity index (χ4n) is 2.65. The Morgan fingerprint density at radius 3 is 2.65 bits per heavy atom. The van der Waals surface area contributed by atoms with Crippen LogP contribution in [0.4, 0.5) is 0 Å². The highest BCUT2D eigenvalue weighted by atomic mass is 32.1. The molecule has 1 N–H and O–H groups in total. The molecule has 4 aromatic rings. The number of benzene rings is 1. The van der Waals surface area contributed by atoms with Crippen LogP contribution in [-0.4, -0.2) is 26.7 Å². The van der Waals surface area contributed by atoms with Gasteiger partial charge in [-0.2, -0.15) is 5.10 Å². The number of nitrogens with one attached hydrogen (secondary N) is 1. The lowest BCUT2D eigenvalue weighted by atomic mass is 10.2. The van der Waals surface area contributed by atoms with Crippen LogP contribution in [0.2, 0.25) is 0 Å². The van der Waals surface area contributed by atoms with Gasteiger partial charge in [0.05, 0.1) is 12.5 Å². The Morgan fingerprint density at radius 2 is 1.96 bits per heavy atom. The van der Waals surface area contributed by atoms with Crippen LogP contribution in [0.3, 0.4) is 0 Å². The van der Waals surface area contributed by atoms with Crippen molar-refractivity contribution in [1.82, 2.24) is 19.6 Å². The van der Waals surface area contributed by atoms with Gasteiger partial charge in [-0.1, -0.05) is 0 Å². The number of ether oxygens (including phenoxy) is 1. The van der Waals surface area contributed by atoms with Gasteiger partial charge in [0.15, 0.2) is 5.82 Å². The Balaban J connectivity index is 2.04. The Labute approximate surface area is 135 Å². The van der Waals surface area contributed by atoms with Crippen molar-refractivity contribution in [1.29, 1.82) is 0 Å². The number of aromatic nitrogens is 4. The number of thiophene rings is 1. The van der Waals surface area contributed by atoms with E-state index in [-0.39, 0.29) is 5.56 Å². The summed E-state index contributed by atoms with van der Waals surface area (Å²) in [6.07, 6.45) is 0.